The van der Waals surface area contributed by atoms with Crippen LogP contribution in [-0.2, 0) is 17.8 Å². The summed E-state index contributed by atoms with van der Waals surface area (Å²) < 4.78 is 5.65. The average Bonchev–Trinajstić information content (AvgIpc) is 2.82. The van der Waals surface area contributed by atoms with Gasteiger partial charge >= 0.3 is 0 Å². The molecule has 0 heterocycles. The van der Waals surface area contributed by atoms with E-state index in [-0.39, 0.29) is 0 Å². The van der Waals surface area contributed by atoms with Crippen LogP contribution < -0.4 is 0 Å². The maximum absolute atomic E-state index is 5.65. The van der Waals surface area contributed by atoms with Gasteiger partial charge in [0.15, 0.2) is 0 Å². The van der Waals surface area contributed by atoms with Gasteiger partial charge in [-0.1, -0.05) is 74.6 Å². The van der Waals surface area contributed by atoms with Crippen LogP contribution in [0.15, 0.2) is 49.1 Å². The third-order valence-corrected chi connectivity index (χ3v) is 8.05. The quantitative estimate of drug-likeness (QED) is 0.242. The highest BCUT2D eigenvalue weighted by atomic mass is 16.5. The van der Waals surface area contributed by atoms with Crippen LogP contribution in [0.25, 0.3) is 0 Å². The molecule has 2 fully saturated rings. The lowest BCUT2D eigenvalue weighted by molar-refractivity contribution is 0.141. The molecule has 0 aliphatic heterocycles. The van der Waals surface area contributed by atoms with E-state index in [1.807, 2.05) is 13.0 Å². The Kier molecular flexibility index (Phi) is 10.9. The smallest absolute Gasteiger partial charge is 0.0721 e. The van der Waals surface area contributed by atoms with Crippen molar-refractivity contribution in [1.82, 2.24) is 0 Å². The first-order valence-corrected chi connectivity index (χ1v) is 13.2. The molecule has 0 bridgehead atoms. The Balaban J connectivity index is 1.29. The molecule has 1 heteroatoms. The zero-order chi connectivity index (χ0) is 21.7. The predicted molar refractivity (Wildman–Crippen MR) is 134 cm³/mol. The number of hydrogen-bond donors (Lipinski definition) is 0. The SMILES string of the molecule is C=CCCCC1CCC(C2CCC(CCc3ccc(COC/C=C/C)cc3)CC2)CC1. The second kappa shape index (κ2) is 13.9. The standard InChI is InChI=1S/C30H46O/c1-3-5-7-8-25-15-19-29(20-16-25)30-21-17-27(18-22-30)10-9-26-11-13-28(14-12-26)24-31-23-6-4-2/h3-4,6,11-14,25,27,29-30H,1,5,7-10,15-24H2,2H3/b6-4+. The third-order valence-electron chi connectivity index (χ3n) is 8.05. The van der Waals surface area contributed by atoms with Crippen molar-refractivity contribution >= 4 is 0 Å². The van der Waals surface area contributed by atoms with Crippen molar-refractivity contribution in [2.75, 3.05) is 6.61 Å². The fourth-order valence-electron chi connectivity index (χ4n) is 5.96. The summed E-state index contributed by atoms with van der Waals surface area (Å²) in [5.74, 6) is 4.04. The number of unbranched alkanes of at least 4 members (excludes halogenated alkanes) is 1. The molecule has 1 aromatic carbocycles. The van der Waals surface area contributed by atoms with Gasteiger partial charge in [0.05, 0.1) is 13.2 Å². The van der Waals surface area contributed by atoms with Gasteiger partial charge in [0.1, 0.15) is 0 Å². The molecule has 0 aromatic heterocycles. The summed E-state index contributed by atoms with van der Waals surface area (Å²) in [5.41, 5.74) is 2.78. The van der Waals surface area contributed by atoms with Crippen LogP contribution >= 0.6 is 0 Å². The van der Waals surface area contributed by atoms with Crippen LogP contribution in [0.3, 0.4) is 0 Å². The lowest BCUT2D eigenvalue weighted by Gasteiger charge is -2.38. The summed E-state index contributed by atoms with van der Waals surface area (Å²) in [5, 5.41) is 0. The molecule has 2 aliphatic rings. The Morgan fingerprint density at radius 2 is 1.42 bits per heavy atom. The van der Waals surface area contributed by atoms with Crippen LogP contribution in [0.5, 0.6) is 0 Å². The molecule has 2 aliphatic carbocycles. The molecule has 0 spiro atoms. The van der Waals surface area contributed by atoms with Gasteiger partial charge in [0, 0.05) is 0 Å². The van der Waals surface area contributed by atoms with Crippen LogP contribution in [0.4, 0.5) is 0 Å². The number of aryl methyl sites for hydroxylation is 1. The van der Waals surface area contributed by atoms with Crippen molar-refractivity contribution in [2.45, 2.75) is 97.0 Å². The van der Waals surface area contributed by atoms with Crippen LogP contribution in [0.1, 0.15) is 95.1 Å². The molecule has 0 unspecified atom stereocenters. The Labute approximate surface area is 192 Å². The Hall–Kier alpha value is -1.34. The largest absolute Gasteiger partial charge is 0.373 e. The average molecular weight is 423 g/mol. The van der Waals surface area contributed by atoms with Gasteiger partial charge in [-0.3, -0.25) is 0 Å². The van der Waals surface area contributed by atoms with Crippen LogP contribution in [0, 0.1) is 23.7 Å². The molecule has 0 radical (unpaired) electrons. The monoisotopic (exact) mass is 422 g/mol. The molecule has 1 aromatic rings. The second-order valence-corrected chi connectivity index (χ2v) is 10.2. The molecule has 0 atom stereocenters. The Bertz CT molecular complexity index is 627. The first-order valence-electron chi connectivity index (χ1n) is 13.2. The molecule has 31 heavy (non-hydrogen) atoms. The Morgan fingerprint density at radius 1 is 0.839 bits per heavy atom. The number of allylic oxidation sites excluding steroid dienone is 2. The molecule has 1 nitrogen and oxygen atoms in total. The topological polar surface area (TPSA) is 9.23 Å². The molecule has 0 amide bonds. The van der Waals surface area contributed by atoms with E-state index in [2.05, 4.69) is 43.0 Å². The Morgan fingerprint density at radius 3 is 2.00 bits per heavy atom. The van der Waals surface area contributed by atoms with Crippen LogP contribution in [-0.4, -0.2) is 6.61 Å². The number of rotatable bonds is 12. The highest BCUT2D eigenvalue weighted by Crippen LogP contribution is 2.43. The molecule has 3 rings (SSSR count). The van der Waals surface area contributed by atoms with Gasteiger partial charge in [0.2, 0.25) is 0 Å². The maximum atomic E-state index is 5.65. The summed E-state index contributed by atoms with van der Waals surface area (Å²) in [4.78, 5) is 0. The predicted octanol–water partition coefficient (Wildman–Crippen LogP) is 8.68. The zero-order valence-corrected chi connectivity index (χ0v) is 20.1. The van der Waals surface area contributed by atoms with Gasteiger partial charge in [0.25, 0.3) is 0 Å². The summed E-state index contributed by atoms with van der Waals surface area (Å²) >= 11 is 0. The number of hydrogen-bond acceptors (Lipinski definition) is 1. The van der Waals surface area contributed by atoms with E-state index in [1.54, 1.807) is 0 Å². The van der Waals surface area contributed by atoms with Gasteiger partial charge < -0.3 is 4.74 Å². The minimum atomic E-state index is 0.706. The highest BCUT2D eigenvalue weighted by molar-refractivity contribution is 5.22. The lowest BCUT2D eigenvalue weighted by atomic mass is 9.68. The summed E-state index contributed by atoms with van der Waals surface area (Å²) in [6.45, 7) is 7.32. The normalized spacial score (nSPS) is 26.9. The van der Waals surface area contributed by atoms with E-state index in [4.69, 9.17) is 4.74 Å². The van der Waals surface area contributed by atoms with Crippen molar-refractivity contribution in [2.24, 2.45) is 23.7 Å². The molecule has 0 N–H and O–H groups in total. The second-order valence-electron chi connectivity index (χ2n) is 10.2. The molecular formula is C30H46O. The van der Waals surface area contributed by atoms with E-state index in [0.29, 0.717) is 13.2 Å². The van der Waals surface area contributed by atoms with Crippen molar-refractivity contribution < 1.29 is 4.74 Å². The maximum Gasteiger partial charge on any atom is 0.0721 e. The third kappa shape index (κ3) is 8.60. The van der Waals surface area contributed by atoms with Gasteiger partial charge in [-0.15, -0.1) is 6.58 Å². The molecule has 172 valence electrons. The summed E-state index contributed by atoms with van der Waals surface area (Å²) in [6, 6.07) is 9.12. The summed E-state index contributed by atoms with van der Waals surface area (Å²) in [6.07, 6.45) is 24.8. The lowest BCUT2D eigenvalue weighted by Crippen LogP contribution is -2.26. The fraction of sp³-hybridized carbons (Fsp3) is 0.667. The molecular weight excluding hydrogens is 376 g/mol. The van der Waals surface area contributed by atoms with E-state index in [0.717, 1.165) is 23.7 Å². The van der Waals surface area contributed by atoms with Crippen molar-refractivity contribution in [3.8, 4) is 0 Å². The van der Waals surface area contributed by atoms with E-state index in [1.165, 1.54) is 94.6 Å². The van der Waals surface area contributed by atoms with Gasteiger partial charge in [-0.2, -0.15) is 0 Å². The van der Waals surface area contributed by atoms with E-state index >= 15 is 0 Å². The van der Waals surface area contributed by atoms with E-state index < -0.39 is 0 Å². The molecule has 0 saturated heterocycles. The van der Waals surface area contributed by atoms with Crippen LogP contribution in [0.2, 0.25) is 0 Å². The summed E-state index contributed by atoms with van der Waals surface area (Å²) in [7, 11) is 0. The fourth-order valence-corrected chi connectivity index (χ4v) is 5.96. The first-order chi connectivity index (χ1) is 15.3. The minimum Gasteiger partial charge on any atom is -0.373 e. The number of benzene rings is 1. The van der Waals surface area contributed by atoms with E-state index in [9.17, 15) is 0 Å². The molecule has 2 saturated carbocycles. The zero-order valence-electron chi connectivity index (χ0n) is 20.1. The van der Waals surface area contributed by atoms with Gasteiger partial charge in [-0.25, -0.2) is 0 Å². The van der Waals surface area contributed by atoms with Crippen molar-refractivity contribution in [1.29, 1.82) is 0 Å². The van der Waals surface area contributed by atoms with Crippen molar-refractivity contribution in [3.05, 3.63) is 60.2 Å². The number of ether oxygens (including phenoxy) is 1. The van der Waals surface area contributed by atoms with Crippen molar-refractivity contribution in [3.63, 3.8) is 0 Å². The first kappa shape index (κ1) is 24.3. The van der Waals surface area contributed by atoms with Gasteiger partial charge in [-0.05, 0) is 93.1 Å². The minimum absolute atomic E-state index is 0.706. The highest BCUT2D eigenvalue weighted by Gasteiger charge is 2.30.